The minimum atomic E-state index is -0.266. The highest BCUT2D eigenvalue weighted by Gasteiger charge is 2.40. The fourth-order valence-corrected chi connectivity index (χ4v) is 4.29. The molecule has 2 unspecified atom stereocenters. The molecule has 7 nitrogen and oxygen atoms in total. The van der Waals surface area contributed by atoms with Crippen molar-refractivity contribution in [3.8, 4) is 0 Å². The fraction of sp³-hybridized carbons (Fsp3) is 0.292. The zero-order chi connectivity index (χ0) is 21.0. The summed E-state index contributed by atoms with van der Waals surface area (Å²) in [5.41, 5.74) is 2.35. The number of hydrogen-bond acceptors (Lipinski definition) is 6. The molecular formula is C24H25N5O2. The summed E-state index contributed by atoms with van der Waals surface area (Å²) in [6.45, 7) is 4.20. The molecule has 0 bridgehead atoms. The van der Waals surface area contributed by atoms with Gasteiger partial charge in [-0.2, -0.15) is 0 Å². The highest BCUT2D eigenvalue weighted by Crippen LogP contribution is 2.27. The number of aromatic nitrogens is 2. The number of rotatable bonds is 5. The number of para-hydroxylation sites is 1. The van der Waals surface area contributed by atoms with E-state index in [1.165, 1.54) is 5.56 Å². The molecular weight excluding hydrogens is 390 g/mol. The molecule has 2 aliphatic rings. The quantitative estimate of drug-likeness (QED) is 0.691. The topological polar surface area (TPSA) is 70.6 Å². The number of nitrogens with one attached hydrogen (secondary N) is 1. The molecule has 1 aromatic heterocycles. The maximum Gasteiger partial charge on any atom is 0.276 e. The van der Waals surface area contributed by atoms with E-state index in [1.807, 2.05) is 42.5 Å². The Morgan fingerprint density at radius 1 is 0.968 bits per heavy atom. The van der Waals surface area contributed by atoms with Gasteiger partial charge in [0.05, 0.1) is 18.8 Å². The van der Waals surface area contributed by atoms with Gasteiger partial charge in [-0.15, -0.1) is 10.2 Å². The number of benzene rings is 2. The number of ether oxygens (including phenoxy) is 1. The van der Waals surface area contributed by atoms with Gasteiger partial charge in [0.1, 0.15) is 0 Å². The van der Waals surface area contributed by atoms with Crippen molar-refractivity contribution < 1.29 is 9.53 Å². The molecule has 31 heavy (non-hydrogen) atoms. The first kappa shape index (κ1) is 19.7. The Labute approximate surface area is 181 Å². The SMILES string of the molecule is O=C(Nc1ccccc1)c1ccc(N2CC3OCCN(Cc4ccccc4)C3C2)nn1. The van der Waals surface area contributed by atoms with Crippen molar-refractivity contribution >= 4 is 17.4 Å². The van der Waals surface area contributed by atoms with Gasteiger partial charge in [0.15, 0.2) is 11.5 Å². The molecule has 158 valence electrons. The van der Waals surface area contributed by atoms with Crippen molar-refractivity contribution in [2.24, 2.45) is 0 Å². The summed E-state index contributed by atoms with van der Waals surface area (Å²) in [5.74, 6) is 0.506. The number of carbonyl (C=O) groups excluding carboxylic acids is 1. The number of carbonyl (C=O) groups is 1. The second-order valence-corrected chi connectivity index (χ2v) is 7.93. The third-order valence-corrected chi connectivity index (χ3v) is 5.88. The molecule has 2 saturated heterocycles. The van der Waals surface area contributed by atoms with Crippen LogP contribution in [-0.2, 0) is 11.3 Å². The smallest absolute Gasteiger partial charge is 0.276 e. The molecule has 3 aromatic rings. The lowest BCUT2D eigenvalue weighted by Crippen LogP contribution is -2.50. The molecule has 2 aromatic carbocycles. The van der Waals surface area contributed by atoms with E-state index in [-0.39, 0.29) is 12.0 Å². The zero-order valence-electron chi connectivity index (χ0n) is 17.2. The van der Waals surface area contributed by atoms with Crippen LogP contribution in [0.5, 0.6) is 0 Å². The van der Waals surface area contributed by atoms with Gasteiger partial charge in [-0.1, -0.05) is 48.5 Å². The van der Waals surface area contributed by atoms with Crippen LogP contribution in [0, 0.1) is 0 Å². The van der Waals surface area contributed by atoms with Crippen molar-refractivity contribution in [1.29, 1.82) is 0 Å². The molecule has 7 heteroatoms. The Hall–Kier alpha value is -3.29. The predicted octanol–water partition coefficient (Wildman–Crippen LogP) is 2.82. The van der Waals surface area contributed by atoms with Gasteiger partial charge in [-0.25, -0.2) is 0 Å². The van der Waals surface area contributed by atoms with Crippen molar-refractivity contribution in [2.75, 3.05) is 36.5 Å². The average Bonchev–Trinajstić information content (AvgIpc) is 3.26. The summed E-state index contributed by atoms with van der Waals surface area (Å²) in [4.78, 5) is 17.1. The lowest BCUT2D eigenvalue weighted by Gasteiger charge is -2.36. The standard InChI is InChI=1S/C24H25N5O2/c30-24(25-19-9-5-2-6-10-19)20-11-12-23(27-26-20)29-16-21-22(17-29)31-14-13-28(21)15-18-7-3-1-4-8-18/h1-12,21-22H,13-17H2,(H,25,30). The second kappa shape index (κ2) is 8.83. The molecule has 1 amide bonds. The number of nitrogens with zero attached hydrogens (tertiary/aromatic N) is 4. The van der Waals surface area contributed by atoms with Crippen molar-refractivity contribution in [2.45, 2.75) is 18.7 Å². The fourth-order valence-electron chi connectivity index (χ4n) is 4.29. The average molecular weight is 415 g/mol. The van der Waals surface area contributed by atoms with Crippen LogP contribution in [0.2, 0.25) is 0 Å². The molecule has 0 aliphatic carbocycles. The molecule has 0 saturated carbocycles. The highest BCUT2D eigenvalue weighted by molar-refractivity contribution is 6.02. The van der Waals surface area contributed by atoms with Crippen LogP contribution in [0.1, 0.15) is 16.1 Å². The Morgan fingerprint density at radius 3 is 2.48 bits per heavy atom. The lowest BCUT2D eigenvalue weighted by molar-refractivity contribution is -0.0499. The van der Waals surface area contributed by atoms with Crippen LogP contribution in [-0.4, -0.2) is 59.4 Å². The number of hydrogen-bond donors (Lipinski definition) is 1. The first-order chi connectivity index (χ1) is 15.3. The Morgan fingerprint density at radius 2 is 1.74 bits per heavy atom. The van der Waals surface area contributed by atoms with E-state index in [0.29, 0.717) is 11.7 Å². The summed E-state index contributed by atoms with van der Waals surface area (Å²) in [5, 5.41) is 11.3. The Kier molecular flexibility index (Phi) is 5.60. The van der Waals surface area contributed by atoms with Gasteiger partial charge in [-0.3, -0.25) is 9.69 Å². The number of anilines is 2. The molecule has 3 heterocycles. The van der Waals surface area contributed by atoms with Gasteiger partial charge < -0.3 is 15.0 Å². The molecule has 0 spiro atoms. The van der Waals surface area contributed by atoms with E-state index < -0.39 is 0 Å². The van der Waals surface area contributed by atoms with Crippen molar-refractivity contribution in [3.63, 3.8) is 0 Å². The lowest BCUT2D eigenvalue weighted by atomic mass is 10.1. The van der Waals surface area contributed by atoms with Crippen LogP contribution in [0.15, 0.2) is 72.8 Å². The maximum atomic E-state index is 12.4. The van der Waals surface area contributed by atoms with Crippen LogP contribution >= 0.6 is 0 Å². The van der Waals surface area contributed by atoms with Gasteiger partial charge in [0.25, 0.3) is 5.91 Å². The van der Waals surface area contributed by atoms with E-state index in [4.69, 9.17) is 4.74 Å². The summed E-state index contributed by atoms with van der Waals surface area (Å²) >= 11 is 0. The van der Waals surface area contributed by atoms with E-state index >= 15 is 0 Å². The van der Waals surface area contributed by atoms with E-state index in [9.17, 15) is 4.79 Å². The number of fused-ring (bicyclic) bond motifs is 1. The first-order valence-corrected chi connectivity index (χ1v) is 10.6. The van der Waals surface area contributed by atoms with Crippen LogP contribution in [0.25, 0.3) is 0 Å². The normalized spacial score (nSPS) is 21.0. The van der Waals surface area contributed by atoms with E-state index in [1.54, 1.807) is 6.07 Å². The van der Waals surface area contributed by atoms with Crippen LogP contribution < -0.4 is 10.2 Å². The number of amides is 1. The first-order valence-electron chi connectivity index (χ1n) is 10.6. The predicted molar refractivity (Wildman–Crippen MR) is 119 cm³/mol. The third-order valence-electron chi connectivity index (χ3n) is 5.88. The molecule has 2 atom stereocenters. The van der Waals surface area contributed by atoms with E-state index in [0.717, 1.165) is 44.3 Å². The van der Waals surface area contributed by atoms with Crippen LogP contribution in [0.3, 0.4) is 0 Å². The Balaban J connectivity index is 1.24. The maximum absolute atomic E-state index is 12.4. The summed E-state index contributed by atoms with van der Waals surface area (Å²) in [6, 6.07) is 23.8. The summed E-state index contributed by atoms with van der Waals surface area (Å²) in [7, 11) is 0. The number of morpholine rings is 1. The molecule has 2 fully saturated rings. The van der Waals surface area contributed by atoms with Gasteiger partial charge in [0, 0.05) is 31.9 Å². The minimum Gasteiger partial charge on any atom is -0.373 e. The molecule has 5 rings (SSSR count). The minimum absolute atomic E-state index is 0.153. The largest absolute Gasteiger partial charge is 0.373 e. The monoisotopic (exact) mass is 415 g/mol. The van der Waals surface area contributed by atoms with Gasteiger partial charge in [-0.05, 0) is 29.8 Å². The third kappa shape index (κ3) is 4.42. The van der Waals surface area contributed by atoms with Crippen LogP contribution in [0.4, 0.5) is 11.5 Å². The second-order valence-electron chi connectivity index (χ2n) is 7.93. The highest BCUT2D eigenvalue weighted by atomic mass is 16.5. The van der Waals surface area contributed by atoms with E-state index in [2.05, 4.69) is 49.6 Å². The molecule has 1 N–H and O–H groups in total. The summed E-state index contributed by atoms with van der Waals surface area (Å²) < 4.78 is 6.05. The van der Waals surface area contributed by atoms with Gasteiger partial charge in [0.2, 0.25) is 0 Å². The Bertz CT molecular complexity index is 1010. The van der Waals surface area contributed by atoms with Crippen molar-refractivity contribution in [3.05, 3.63) is 84.1 Å². The van der Waals surface area contributed by atoms with Gasteiger partial charge >= 0.3 is 0 Å². The van der Waals surface area contributed by atoms with Crippen molar-refractivity contribution in [1.82, 2.24) is 15.1 Å². The molecule has 0 radical (unpaired) electrons. The molecule has 2 aliphatic heterocycles. The zero-order valence-corrected chi connectivity index (χ0v) is 17.2. The summed E-state index contributed by atoms with van der Waals surface area (Å²) in [6.07, 6.45) is 0.153.